The third-order valence-corrected chi connectivity index (χ3v) is 5.26. The predicted molar refractivity (Wildman–Crippen MR) is 99.6 cm³/mol. The Morgan fingerprint density at radius 1 is 1.12 bits per heavy atom. The van der Waals surface area contributed by atoms with Gasteiger partial charge in [0.1, 0.15) is 5.69 Å². The van der Waals surface area contributed by atoms with Crippen LogP contribution >= 0.6 is 23.4 Å². The van der Waals surface area contributed by atoms with Gasteiger partial charge >= 0.3 is 6.18 Å². The van der Waals surface area contributed by atoms with Gasteiger partial charge in [-0.05, 0) is 42.7 Å². The minimum Gasteiger partial charge on any atom is -0.373 e. The summed E-state index contributed by atoms with van der Waals surface area (Å²) in [6.45, 7) is 4.57. The van der Waals surface area contributed by atoms with Gasteiger partial charge in [-0.3, -0.25) is 0 Å². The molecule has 2 atom stereocenters. The molecular weight excluding hydrogens is 383 g/mol. The molecule has 2 heterocycles. The molecule has 1 aliphatic heterocycles. The number of alkyl halides is 3. The average Bonchev–Trinajstić information content (AvgIpc) is 2.64. The lowest BCUT2D eigenvalue weighted by Crippen LogP contribution is -2.21. The molecule has 0 saturated carbocycles. The zero-order chi connectivity index (χ0) is 19.2. The maximum atomic E-state index is 12.8. The van der Waals surface area contributed by atoms with E-state index in [0.29, 0.717) is 16.7 Å². The molecular formula is C19H21ClF3NOS. The van der Waals surface area contributed by atoms with Gasteiger partial charge in [0.2, 0.25) is 0 Å². The van der Waals surface area contributed by atoms with Crippen LogP contribution in [0.25, 0.3) is 0 Å². The van der Waals surface area contributed by atoms with Crippen LogP contribution in [0.4, 0.5) is 13.2 Å². The first kappa shape index (κ1) is 21.1. The van der Waals surface area contributed by atoms with Gasteiger partial charge in [-0.25, -0.2) is 4.98 Å². The van der Waals surface area contributed by atoms with Crippen LogP contribution in [-0.2, 0) is 10.9 Å². The molecule has 0 spiro atoms. The van der Waals surface area contributed by atoms with Gasteiger partial charge in [0, 0.05) is 16.9 Å². The monoisotopic (exact) mass is 403 g/mol. The summed E-state index contributed by atoms with van der Waals surface area (Å²) in [5.74, 6) is 0. The minimum absolute atomic E-state index is 0.0701. The van der Waals surface area contributed by atoms with Gasteiger partial charge in [-0.1, -0.05) is 43.6 Å². The van der Waals surface area contributed by atoms with Gasteiger partial charge in [0.15, 0.2) is 0 Å². The van der Waals surface area contributed by atoms with Crippen LogP contribution in [-0.4, -0.2) is 16.8 Å². The Morgan fingerprint density at radius 3 is 2.46 bits per heavy atom. The highest BCUT2D eigenvalue weighted by molar-refractivity contribution is 7.99. The van der Waals surface area contributed by atoms with Crippen molar-refractivity contribution < 1.29 is 17.9 Å². The lowest BCUT2D eigenvalue weighted by molar-refractivity contribution is -0.141. The van der Waals surface area contributed by atoms with Gasteiger partial charge in [0.25, 0.3) is 0 Å². The molecule has 2 nitrogen and oxygen atoms in total. The summed E-state index contributed by atoms with van der Waals surface area (Å²) < 4.78 is 44.1. The second-order valence-corrected chi connectivity index (χ2v) is 7.29. The molecule has 0 N–H and O–H groups in total. The number of aromatic nitrogens is 1. The maximum absolute atomic E-state index is 12.8. The molecule has 3 rings (SSSR count). The van der Waals surface area contributed by atoms with Gasteiger partial charge in [0.05, 0.1) is 11.1 Å². The van der Waals surface area contributed by atoms with Crippen LogP contribution in [0, 0.1) is 0 Å². The van der Waals surface area contributed by atoms with Crippen LogP contribution in [0.2, 0.25) is 5.02 Å². The van der Waals surface area contributed by atoms with Crippen LogP contribution in [0.1, 0.15) is 44.1 Å². The number of hydrogen-bond donors (Lipinski definition) is 0. The molecule has 1 aromatic heterocycles. The Kier molecular flexibility index (Phi) is 7.80. The van der Waals surface area contributed by atoms with Gasteiger partial charge in [-0.2, -0.15) is 13.2 Å². The molecule has 0 aliphatic carbocycles. The highest BCUT2D eigenvalue weighted by atomic mass is 35.5. The van der Waals surface area contributed by atoms with E-state index in [0.717, 1.165) is 24.5 Å². The summed E-state index contributed by atoms with van der Waals surface area (Å²) in [5, 5.41) is 1.22. The Bertz CT molecular complexity index is 694. The van der Waals surface area contributed by atoms with Crippen LogP contribution in [0.5, 0.6) is 0 Å². The zero-order valence-electron chi connectivity index (χ0n) is 14.6. The standard InChI is InChI=1S/C17H15ClF3NOS.C2H6/c18-12-6-4-11(5-7-12)14-10-13(8-9-23-14)24-16-3-1-2-15(22-16)17(19,20)21;1-2/h1-7,13-14H,8-10H2;1-2H3. The van der Waals surface area contributed by atoms with E-state index in [1.54, 1.807) is 6.07 Å². The van der Waals surface area contributed by atoms with Crippen molar-refractivity contribution in [2.75, 3.05) is 6.61 Å². The molecule has 26 heavy (non-hydrogen) atoms. The molecule has 0 radical (unpaired) electrons. The second-order valence-electron chi connectivity index (χ2n) is 5.53. The van der Waals surface area contributed by atoms with Crippen LogP contribution < -0.4 is 0 Å². The van der Waals surface area contributed by atoms with E-state index in [1.807, 2.05) is 38.1 Å². The quantitative estimate of drug-likeness (QED) is 0.563. The summed E-state index contributed by atoms with van der Waals surface area (Å²) in [6.07, 6.45) is -2.98. The first-order chi connectivity index (χ1) is 12.4. The number of nitrogens with zero attached hydrogens (tertiary/aromatic N) is 1. The molecule has 1 aliphatic rings. The van der Waals surface area contributed by atoms with Crippen molar-refractivity contribution >= 4 is 23.4 Å². The van der Waals surface area contributed by atoms with E-state index >= 15 is 0 Å². The number of benzene rings is 1. The van der Waals surface area contributed by atoms with E-state index in [9.17, 15) is 13.2 Å². The number of thioether (sulfide) groups is 1. The molecule has 1 aromatic carbocycles. The van der Waals surface area contributed by atoms with E-state index in [-0.39, 0.29) is 11.4 Å². The van der Waals surface area contributed by atoms with Crippen LogP contribution in [0.3, 0.4) is 0 Å². The second kappa shape index (κ2) is 9.62. The highest BCUT2D eigenvalue weighted by Gasteiger charge is 2.33. The molecule has 0 bridgehead atoms. The number of halogens is 4. The molecule has 7 heteroatoms. The Labute approximate surface area is 161 Å². The maximum Gasteiger partial charge on any atom is 0.433 e. The molecule has 2 unspecified atom stereocenters. The lowest BCUT2D eigenvalue weighted by Gasteiger charge is -2.29. The SMILES string of the molecule is CC.FC(F)(F)c1cccc(SC2CCOC(c3ccc(Cl)cc3)C2)n1. The zero-order valence-corrected chi connectivity index (χ0v) is 16.2. The van der Waals surface area contributed by atoms with Crippen LogP contribution in [0.15, 0.2) is 47.5 Å². The van der Waals surface area contributed by atoms with E-state index in [1.165, 1.54) is 17.8 Å². The van der Waals surface area contributed by atoms with Crippen molar-refractivity contribution in [1.29, 1.82) is 0 Å². The van der Waals surface area contributed by atoms with Crippen molar-refractivity contribution in [2.24, 2.45) is 0 Å². The van der Waals surface area contributed by atoms with Crippen molar-refractivity contribution in [3.63, 3.8) is 0 Å². The summed E-state index contributed by atoms with van der Waals surface area (Å²) in [4.78, 5) is 3.73. The summed E-state index contributed by atoms with van der Waals surface area (Å²) in [7, 11) is 0. The number of pyridine rings is 1. The molecule has 1 fully saturated rings. The number of hydrogen-bond acceptors (Lipinski definition) is 3. The van der Waals surface area contributed by atoms with Gasteiger partial charge in [-0.15, -0.1) is 11.8 Å². The topological polar surface area (TPSA) is 22.1 Å². The Hall–Kier alpha value is -1.24. The summed E-state index contributed by atoms with van der Waals surface area (Å²) in [5.41, 5.74) is 0.176. The summed E-state index contributed by atoms with van der Waals surface area (Å²) >= 11 is 7.27. The number of ether oxygens (including phenoxy) is 1. The largest absolute Gasteiger partial charge is 0.433 e. The Balaban J connectivity index is 0.00000117. The fourth-order valence-electron chi connectivity index (χ4n) is 2.59. The predicted octanol–water partition coefficient (Wildman–Crippen LogP) is 6.79. The number of rotatable bonds is 3. The Morgan fingerprint density at radius 2 is 1.81 bits per heavy atom. The van der Waals surface area contributed by atoms with E-state index in [2.05, 4.69) is 4.98 Å². The normalized spacial score (nSPS) is 20.2. The third-order valence-electron chi connectivity index (χ3n) is 3.78. The first-order valence-electron chi connectivity index (χ1n) is 8.50. The smallest absolute Gasteiger partial charge is 0.373 e. The molecule has 142 valence electrons. The van der Waals surface area contributed by atoms with E-state index in [4.69, 9.17) is 16.3 Å². The molecule has 0 amide bonds. The summed E-state index contributed by atoms with van der Waals surface area (Å²) in [6, 6.07) is 11.5. The third kappa shape index (κ3) is 5.89. The van der Waals surface area contributed by atoms with Crippen molar-refractivity contribution in [3.8, 4) is 0 Å². The van der Waals surface area contributed by atoms with Gasteiger partial charge < -0.3 is 4.74 Å². The minimum atomic E-state index is -4.42. The fourth-order valence-corrected chi connectivity index (χ4v) is 3.85. The van der Waals surface area contributed by atoms with Crippen molar-refractivity contribution in [3.05, 3.63) is 58.7 Å². The first-order valence-corrected chi connectivity index (χ1v) is 9.75. The van der Waals surface area contributed by atoms with Crippen molar-refractivity contribution in [2.45, 2.75) is 49.2 Å². The average molecular weight is 404 g/mol. The van der Waals surface area contributed by atoms with Crippen molar-refractivity contribution in [1.82, 2.24) is 4.98 Å². The molecule has 2 aromatic rings. The fraction of sp³-hybridized carbons (Fsp3) is 0.421. The molecule has 1 saturated heterocycles. The highest BCUT2D eigenvalue weighted by Crippen LogP contribution is 2.38. The van der Waals surface area contributed by atoms with E-state index < -0.39 is 11.9 Å². The lowest BCUT2D eigenvalue weighted by atomic mass is 10.0.